The largest absolute Gasteiger partial charge is 0.378 e. The highest BCUT2D eigenvalue weighted by molar-refractivity contribution is 5.79. The Labute approximate surface area is 103 Å². The minimum Gasteiger partial charge on any atom is -0.378 e. The van der Waals surface area contributed by atoms with Crippen LogP contribution in [0.15, 0.2) is 0 Å². The molecule has 1 saturated carbocycles. The van der Waals surface area contributed by atoms with E-state index in [1.807, 2.05) is 0 Å². The molecule has 4 heteroatoms. The fourth-order valence-corrected chi connectivity index (χ4v) is 3.61. The van der Waals surface area contributed by atoms with Gasteiger partial charge in [-0.25, -0.2) is 0 Å². The van der Waals surface area contributed by atoms with Crippen molar-refractivity contribution >= 4 is 5.91 Å². The number of ether oxygens (including phenoxy) is 1. The Bertz CT molecular complexity index is 290. The molecule has 0 unspecified atom stereocenters. The SMILES string of the molecule is CCOC1[C@H]2C[C@H]1CN(C(=O)[C@@H]1CCNC1)C2. The lowest BCUT2D eigenvalue weighted by molar-refractivity contribution is -0.163. The Morgan fingerprint density at radius 1 is 1.41 bits per heavy atom. The summed E-state index contributed by atoms with van der Waals surface area (Å²) in [6, 6.07) is 0. The normalized spacial score (nSPS) is 40.2. The molecule has 0 aromatic heterocycles. The first-order valence-electron chi connectivity index (χ1n) is 6.90. The molecule has 3 aliphatic heterocycles. The van der Waals surface area contributed by atoms with Crippen molar-refractivity contribution in [1.82, 2.24) is 10.2 Å². The van der Waals surface area contributed by atoms with Crippen LogP contribution in [0.2, 0.25) is 0 Å². The van der Waals surface area contributed by atoms with E-state index in [9.17, 15) is 4.79 Å². The maximum atomic E-state index is 12.3. The van der Waals surface area contributed by atoms with Crippen LogP contribution in [0, 0.1) is 17.8 Å². The molecule has 0 aromatic carbocycles. The molecule has 4 aliphatic rings. The molecular weight excluding hydrogens is 216 g/mol. The number of piperidine rings is 2. The molecule has 3 saturated heterocycles. The van der Waals surface area contributed by atoms with Gasteiger partial charge >= 0.3 is 0 Å². The first-order valence-corrected chi connectivity index (χ1v) is 6.90. The molecule has 3 atom stereocenters. The zero-order chi connectivity index (χ0) is 11.8. The molecule has 1 amide bonds. The first kappa shape index (κ1) is 11.5. The number of carbonyl (C=O) groups excluding carboxylic acids is 1. The number of nitrogens with one attached hydrogen (secondary N) is 1. The van der Waals surface area contributed by atoms with Gasteiger partial charge < -0.3 is 15.0 Å². The lowest BCUT2D eigenvalue weighted by Crippen LogP contribution is -2.61. The molecule has 0 spiro atoms. The molecule has 2 bridgehead atoms. The van der Waals surface area contributed by atoms with Crippen LogP contribution >= 0.6 is 0 Å². The molecule has 17 heavy (non-hydrogen) atoms. The van der Waals surface area contributed by atoms with Crippen molar-refractivity contribution in [1.29, 1.82) is 0 Å². The summed E-state index contributed by atoms with van der Waals surface area (Å²) in [6.45, 7) is 6.59. The van der Waals surface area contributed by atoms with Crippen LogP contribution in [0.4, 0.5) is 0 Å². The minimum atomic E-state index is 0.234. The summed E-state index contributed by atoms with van der Waals surface area (Å²) in [6.07, 6.45) is 2.71. The van der Waals surface area contributed by atoms with Crippen LogP contribution < -0.4 is 5.32 Å². The smallest absolute Gasteiger partial charge is 0.227 e. The summed E-state index contributed by atoms with van der Waals surface area (Å²) in [5, 5.41) is 3.27. The summed E-state index contributed by atoms with van der Waals surface area (Å²) in [7, 11) is 0. The van der Waals surface area contributed by atoms with Crippen molar-refractivity contribution in [3.05, 3.63) is 0 Å². The molecule has 4 nitrogen and oxygen atoms in total. The van der Waals surface area contributed by atoms with Gasteiger partial charge in [0, 0.05) is 38.1 Å². The standard InChI is InChI=1S/C13H22N2O2/c1-2-17-12-10-5-11(12)8-15(7-10)13(16)9-3-4-14-6-9/h9-12,14H,2-8H2,1H3/t9-,10+,11+/m1/s1. The van der Waals surface area contributed by atoms with E-state index in [4.69, 9.17) is 4.74 Å². The molecule has 1 aliphatic carbocycles. The number of carbonyl (C=O) groups is 1. The molecule has 0 aromatic rings. The van der Waals surface area contributed by atoms with Gasteiger partial charge in [-0.2, -0.15) is 0 Å². The predicted octanol–water partition coefficient (Wildman–Crippen LogP) is 0.479. The molecule has 3 heterocycles. The van der Waals surface area contributed by atoms with E-state index in [0.717, 1.165) is 39.2 Å². The number of fused-ring (bicyclic) bond motifs is 2. The maximum absolute atomic E-state index is 12.3. The van der Waals surface area contributed by atoms with Crippen molar-refractivity contribution in [3.8, 4) is 0 Å². The van der Waals surface area contributed by atoms with E-state index in [-0.39, 0.29) is 5.92 Å². The van der Waals surface area contributed by atoms with Crippen LogP contribution in [0.1, 0.15) is 19.8 Å². The van der Waals surface area contributed by atoms with Crippen LogP contribution in [-0.2, 0) is 9.53 Å². The number of amides is 1. The molecular formula is C13H22N2O2. The lowest BCUT2D eigenvalue weighted by Gasteiger charge is -2.53. The minimum absolute atomic E-state index is 0.234. The van der Waals surface area contributed by atoms with Gasteiger partial charge in [0.2, 0.25) is 5.91 Å². The second-order valence-corrected chi connectivity index (χ2v) is 5.61. The van der Waals surface area contributed by atoms with Gasteiger partial charge in [-0.3, -0.25) is 4.79 Å². The van der Waals surface area contributed by atoms with Gasteiger partial charge in [0.05, 0.1) is 12.0 Å². The molecule has 96 valence electrons. The first-order chi connectivity index (χ1) is 8.29. The van der Waals surface area contributed by atoms with Gasteiger partial charge in [-0.15, -0.1) is 0 Å². The number of rotatable bonds is 3. The summed E-state index contributed by atoms with van der Waals surface area (Å²) in [5.41, 5.74) is 0. The Balaban J connectivity index is 1.56. The molecule has 0 radical (unpaired) electrons. The average molecular weight is 238 g/mol. The van der Waals surface area contributed by atoms with E-state index in [2.05, 4.69) is 17.1 Å². The van der Waals surface area contributed by atoms with Crippen molar-refractivity contribution in [2.75, 3.05) is 32.8 Å². The summed E-state index contributed by atoms with van der Waals surface area (Å²) in [5.74, 6) is 1.82. The van der Waals surface area contributed by atoms with Crippen LogP contribution in [0.3, 0.4) is 0 Å². The second kappa shape index (κ2) is 4.58. The van der Waals surface area contributed by atoms with Gasteiger partial charge in [-0.1, -0.05) is 0 Å². The van der Waals surface area contributed by atoms with Crippen molar-refractivity contribution < 1.29 is 9.53 Å². The number of hydrogen-bond acceptors (Lipinski definition) is 3. The third kappa shape index (κ3) is 1.97. The van der Waals surface area contributed by atoms with E-state index >= 15 is 0 Å². The van der Waals surface area contributed by atoms with E-state index < -0.39 is 0 Å². The quantitative estimate of drug-likeness (QED) is 0.777. The van der Waals surface area contributed by atoms with Crippen molar-refractivity contribution in [2.24, 2.45) is 17.8 Å². The number of nitrogens with zero attached hydrogens (tertiary/aromatic N) is 1. The average Bonchev–Trinajstić information content (AvgIpc) is 2.89. The third-order valence-corrected chi connectivity index (χ3v) is 4.52. The fourth-order valence-electron chi connectivity index (χ4n) is 3.61. The van der Waals surface area contributed by atoms with Gasteiger partial charge in [0.15, 0.2) is 0 Å². The zero-order valence-corrected chi connectivity index (χ0v) is 10.5. The topological polar surface area (TPSA) is 41.6 Å². The highest BCUT2D eigenvalue weighted by atomic mass is 16.5. The third-order valence-electron chi connectivity index (χ3n) is 4.52. The second-order valence-electron chi connectivity index (χ2n) is 5.61. The molecule has 4 rings (SSSR count). The zero-order valence-electron chi connectivity index (χ0n) is 10.5. The monoisotopic (exact) mass is 238 g/mol. The van der Waals surface area contributed by atoms with Crippen LogP contribution in [0.5, 0.6) is 0 Å². The Kier molecular flexibility index (Phi) is 3.09. The Hall–Kier alpha value is -0.610. The summed E-state index contributed by atoms with van der Waals surface area (Å²) in [4.78, 5) is 14.4. The predicted molar refractivity (Wildman–Crippen MR) is 64.6 cm³/mol. The van der Waals surface area contributed by atoms with Crippen molar-refractivity contribution in [3.63, 3.8) is 0 Å². The van der Waals surface area contributed by atoms with Gasteiger partial charge in [-0.05, 0) is 26.3 Å². The molecule has 1 N–H and O–H groups in total. The van der Waals surface area contributed by atoms with Gasteiger partial charge in [0.1, 0.15) is 0 Å². The van der Waals surface area contributed by atoms with Crippen LogP contribution in [0.25, 0.3) is 0 Å². The van der Waals surface area contributed by atoms with E-state index in [1.54, 1.807) is 0 Å². The van der Waals surface area contributed by atoms with E-state index in [0.29, 0.717) is 23.8 Å². The maximum Gasteiger partial charge on any atom is 0.227 e. The van der Waals surface area contributed by atoms with Crippen LogP contribution in [-0.4, -0.2) is 49.7 Å². The summed E-state index contributed by atoms with van der Waals surface area (Å²) < 4.78 is 5.75. The number of hydrogen-bond donors (Lipinski definition) is 1. The fraction of sp³-hybridized carbons (Fsp3) is 0.923. The summed E-state index contributed by atoms with van der Waals surface area (Å²) >= 11 is 0. The lowest BCUT2D eigenvalue weighted by atomic mass is 9.68. The van der Waals surface area contributed by atoms with Gasteiger partial charge in [0.25, 0.3) is 0 Å². The van der Waals surface area contributed by atoms with Crippen molar-refractivity contribution in [2.45, 2.75) is 25.9 Å². The van der Waals surface area contributed by atoms with E-state index in [1.165, 1.54) is 6.42 Å². The highest BCUT2D eigenvalue weighted by Gasteiger charge is 2.49. The Morgan fingerprint density at radius 3 is 2.76 bits per heavy atom. The highest BCUT2D eigenvalue weighted by Crippen LogP contribution is 2.42. The molecule has 4 fully saturated rings. The Morgan fingerprint density at radius 2 is 2.18 bits per heavy atom.